The number of likely N-dealkylation sites (tertiary alicyclic amines) is 1. The van der Waals surface area contributed by atoms with Crippen molar-refractivity contribution in [2.45, 2.75) is 32.7 Å². The minimum atomic E-state index is -0.700. The van der Waals surface area contributed by atoms with Crippen LogP contribution in [0.4, 0.5) is 0 Å². The van der Waals surface area contributed by atoms with E-state index in [0.29, 0.717) is 5.92 Å². The Morgan fingerprint density at radius 3 is 2.95 bits per heavy atom. The molecule has 1 aliphatic rings. The van der Waals surface area contributed by atoms with Crippen molar-refractivity contribution in [1.29, 1.82) is 0 Å². The molecule has 2 rings (SSSR count). The van der Waals surface area contributed by atoms with Gasteiger partial charge in [-0.2, -0.15) is 0 Å². The second-order valence-corrected chi connectivity index (χ2v) is 7.12. The second kappa shape index (κ2) is 7.09. The van der Waals surface area contributed by atoms with Crippen molar-refractivity contribution in [2.24, 2.45) is 11.8 Å². The van der Waals surface area contributed by atoms with E-state index < -0.39 is 5.97 Å². The van der Waals surface area contributed by atoms with Gasteiger partial charge in [0.2, 0.25) is 0 Å². The number of furan rings is 1. The maximum absolute atomic E-state index is 10.8. The number of hydrogen-bond acceptors (Lipinski definition) is 3. The Balaban J connectivity index is 1.91. The fourth-order valence-electron chi connectivity index (χ4n) is 2.83. The predicted molar refractivity (Wildman–Crippen MR) is 83.5 cm³/mol. The third-order valence-corrected chi connectivity index (χ3v) is 5.63. The number of carboxylic acid groups (broad SMARTS) is 1. The van der Waals surface area contributed by atoms with Crippen LogP contribution in [0.3, 0.4) is 0 Å². The molecule has 0 aliphatic carbocycles. The molecular weight excluding hydrogens is 390 g/mol. The quantitative estimate of drug-likeness (QED) is 0.795. The molecule has 20 heavy (non-hydrogen) atoms. The molecule has 2 heterocycles. The van der Waals surface area contributed by atoms with Gasteiger partial charge in [0.15, 0.2) is 4.67 Å². The highest BCUT2D eigenvalue weighted by molar-refractivity contribution is 9.13. The minimum absolute atomic E-state index is 0.227. The van der Waals surface area contributed by atoms with Crippen LogP contribution in [0.1, 0.15) is 31.9 Å². The Kier molecular flexibility index (Phi) is 5.69. The van der Waals surface area contributed by atoms with Crippen LogP contribution in [-0.4, -0.2) is 29.1 Å². The molecule has 6 heteroatoms. The van der Waals surface area contributed by atoms with E-state index in [1.165, 1.54) is 0 Å². The molecule has 2 unspecified atom stereocenters. The lowest BCUT2D eigenvalue weighted by Crippen LogP contribution is -2.37. The van der Waals surface area contributed by atoms with Crippen LogP contribution < -0.4 is 0 Å². The molecule has 1 aliphatic heterocycles. The number of aliphatic carboxylic acids is 1. The van der Waals surface area contributed by atoms with Gasteiger partial charge in [0, 0.05) is 13.0 Å². The van der Waals surface area contributed by atoms with Crippen molar-refractivity contribution in [3.63, 3.8) is 0 Å². The third-order valence-electron chi connectivity index (χ3n) is 3.92. The number of carbonyl (C=O) groups is 1. The fourth-order valence-corrected chi connectivity index (χ4v) is 3.49. The van der Waals surface area contributed by atoms with Gasteiger partial charge in [0.1, 0.15) is 5.76 Å². The molecule has 1 aromatic rings. The zero-order valence-electron chi connectivity index (χ0n) is 11.4. The van der Waals surface area contributed by atoms with Gasteiger partial charge in [-0.05, 0) is 69.1 Å². The van der Waals surface area contributed by atoms with Gasteiger partial charge in [0.25, 0.3) is 0 Å². The van der Waals surface area contributed by atoms with Gasteiger partial charge in [-0.1, -0.05) is 6.92 Å². The molecule has 4 nitrogen and oxygen atoms in total. The monoisotopic (exact) mass is 407 g/mol. The second-order valence-electron chi connectivity index (χ2n) is 5.55. The molecule has 1 aromatic heterocycles. The van der Waals surface area contributed by atoms with Crippen LogP contribution in [0, 0.1) is 11.8 Å². The smallest absolute Gasteiger partial charge is 0.303 e. The Morgan fingerprint density at radius 1 is 1.60 bits per heavy atom. The number of hydrogen-bond donors (Lipinski definition) is 1. The molecule has 0 aromatic carbocycles. The van der Waals surface area contributed by atoms with Crippen molar-refractivity contribution >= 4 is 37.8 Å². The fraction of sp³-hybridized carbons (Fsp3) is 0.643. The highest BCUT2D eigenvalue weighted by atomic mass is 79.9. The van der Waals surface area contributed by atoms with Gasteiger partial charge in [-0.3, -0.25) is 9.69 Å². The van der Waals surface area contributed by atoms with E-state index in [-0.39, 0.29) is 12.3 Å². The predicted octanol–water partition coefficient (Wildman–Crippen LogP) is 4.13. The van der Waals surface area contributed by atoms with Crippen LogP contribution >= 0.6 is 31.9 Å². The number of carboxylic acids is 1. The van der Waals surface area contributed by atoms with Gasteiger partial charge in [-0.15, -0.1) is 0 Å². The van der Waals surface area contributed by atoms with Crippen LogP contribution in [0.15, 0.2) is 19.6 Å². The summed E-state index contributed by atoms with van der Waals surface area (Å²) in [5, 5.41) is 8.91. The van der Waals surface area contributed by atoms with Crippen molar-refractivity contribution in [2.75, 3.05) is 13.1 Å². The molecule has 0 spiro atoms. The standard InChI is InChI=1S/C14H19Br2NO3/c1-9(5-13(18)19)10-3-2-4-17(7-10)8-11-6-12(15)14(16)20-11/h6,9-10H,2-5,7-8H2,1H3,(H,18,19). The van der Waals surface area contributed by atoms with E-state index >= 15 is 0 Å². The SMILES string of the molecule is CC(CC(=O)O)C1CCCN(Cc2cc(Br)c(Br)o2)C1. The average Bonchev–Trinajstić information content (AvgIpc) is 2.67. The Morgan fingerprint density at radius 2 is 2.35 bits per heavy atom. The maximum atomic E-state index is 10.8. The highest BCUT2D eigenvalue weighted by Crippen LogP contribution is 2.30. The average molecular weight is 409 g/mol. The van der Waals surface area contributed by atoms with Crippen molar-refractivity contribution in [1.82, 2.24) is 4.90 Å². The molecule has 112 valence electrons. The molecule has 0 bridgehead atoms. The Hall–Kier alpha value is -0.330. The summed E-state index contributed by atoms with van der Waals surface area (Å²) < 4.78 is 7.26. The Labute approximate surface area is 135 Å². The van der Waals surface area contributed by atoms with Crippen LogP contribution in [0.5, 0.6) is 0 Å². The van der Waals surface area contributed by atoms with Crippen LogP contribution in [0.25, 0.3) is 0 Å². The lowest BCUT2D eigenvalue weighted by molar-refractivity contribution is -0.138. The zero-order chi connectivity index (χ0) is 14.7. The molecule has 2 atom stereocenters. The number of nitrogens with zero attached hydrogens (tertiary/aromatic N) is 1. The first-order valence-corrected chi connectivity index (χ1v) is 8.42. The van der Waals surface area contributed by atoms with Crippen molar-refractivity contribution < 1.29 is 14.3 Å². The van der Waals surface area contributed by atoms with E-state index in [9.17, 15) is 4.79 Å². The van der Waals surface area contributed by atoms with Gasteiger partial charge < -0.3 is 9.52 Å². The third kappa shape index (κ3) is 4.33. The number of halogens is 2. The summed E-state index contributed by atoms with van der Waals surface area (Å²) in [6.45, 7) is 4.82. The highest BCUT2D eigenvalue weighted by Gasteiger charge is 2.26. The van der Waals surface area contributed by atoms with Gasteiger partial charge >= 0.3 is 5.97 Å². The first-order chi connectivity index (χ1) is 9.45. The summed E-state index contributed by atoms with van der Waals surface area (Å²) in [5.41, 5.74) is 0. The topological polar surface area (TPSA) is 53.7 Å². The van der Waals surface area contributed by atoms with E-state index in [2.05, 4.69) is 36.8 Å². The first kappa shape index (κ1) is 16.0. The summed E-state index contributed by atoms with van der Waals surface area (Å²) in [4.78, 5) is 13.2. The minimum Gasteiger partial charge on any atom is -0.481 e. The zero-order valence-corrected chi connectivity index (χ0v) is 14.6. The normalized spacial score (nSPS) is 21.9. The van der Waals surface area contributed by atoms with E-state index in [4.69, 9.17) is 9.52 Å². The summed E-state index contributed by atoms with van der Waals surface area (Å²) in [5.74, 6) is 0.913. The van der Waals surface area contributed by atoms with Crippen molar-refractivity contribution in [3.8, 4) is 0 Å². The maximum Gasteiger partial charge on any atom is 0.303 e. The number of piperidine rings is 1. The molecular formula is C14H19Br2NO3. The summed E-state index contributed by atoms with van der Waals surface area (Å²) in [6, 6.07) is 1.98. The Bertz CT molecular complexity index is 455. The summed E-state index contributed by atoms with van der Waals surface area (Å²) in [7, 11) is 0. The largest absolute Gasteiger partial charge is 0.481 e. The first-order valence-electron chi connectivity index (χ1n) is 6.83. The molecule has 0 amide bonds. The van der Waals surface area contributed by atoms with E-state index in [0.717, 1.165) is 47.4 Å². The van der Waals surface area contributed by atoms with Crippen LogP contribution in [-0.2, 0) is 11.3 Å². The number of rotatable bonds is 5. The lowest BCUT2D eigenvalue weighted by Gasteiger charge is -2.35. The van der Waals surface area contributed by atoms with Gasteiger partial charge in [-0.25, -0.2) is 0 Å². The molecule has 1 saturated heterocycles. The molecule has 1 N–H and O–H groups in total. The molecule has 1 fully saturated rings. The summed E-state index contributed by atoms with van der Waals surface area (Å²) in [6.07, 6.45) is 2.50. The van der Waals surface area contributed by atoms with E-state index in [1.54, 1.807) is 0 Å². The van der Waals surface area contributed by atoms with E-state index in [1.807, 2.05) is 13.0 Å². The molecule has 0 saturated carbocycles. The molecule has 0 radical (unpaired) electrons. The van der Waals surface area contributed by atoms with Crippen LogP contribution in [0.2, 0.25) is 0 Å². The lowest BCUT2D eigenvalue weighted by atomic mass is 9.84. The van der Waals surface area contributed by atoms with Gasteiger partial charge in [0.05, 0.1) is 11.0 Å². The van der Waals surface area contributed by atoms with Crippen molar-refractivity contribution in [3.05, 3.63) is 21.0 Å². The summed E-state index contributed by atoms with van der Waals surface area (Å²) >= 11 is 6.76.